The lowest BCUT2D eigenvalue weighted by molar-refractivity contribution is 1.09. The number of thiol groups is 1. The van der Waals surface area contributed by atoms with Crippen LogP contribution in [0.2, 0.25) is 0 Å². The molecule has 0 N–H and O–H groups in total. The van der Waals surface area contributed by atoms with Gasteiger partial charge in [0.2, 0.25) is 0 Å². The summed E-state index contributed by atoms with van der Waals surface area (Å²) in [5, 5.41) is 8.74. The summed E-state index contributed by atoms with van der Waals surface area (Å²) in [6, 6.07) is 14.0. The van der Waals surface area contributed by atoms with Gasteiger partial charge in [0.1, 0.15) is 6.07 Å². The Bertz CT molecular complexity index is 529. The Kier molecular flexibility index (Phi) is 3.23. The second-order valence-electron chi connectivity index (χ2n) is 3.49. The zero-order valence-electron chi connectivity index (χ0n) is 8.59. The number of pyridine rings is 1. The molecule has 3 heteroatoms. The molecule has 2 aromatic rings. The van der Waals surface area contributed by atoms with Gasteiger partial charge in [-0.25, -0.2) is 4.98 Å². The minimum atomic E-state index is 0.375. The first-order valence-corrected chi connectivity index (χ1v) is 5.36. The molecule has 0 atom stereocenters. The standard InChI is InChI=1S/C13H10N2S/c14-8-12-13(16)7-11(9-15-12)6-10-4-2-1-3-5-10/h1-5,7,9,16H,6H2. The molecule has 0 radical (unpaired) electrons. The SMILES string of the molecule is N#Cc1ncc(Cc2ccccc2)cc1S. The van der Waals surface area contributed by atoms with Crippen molar-refractivity contribution in [2.45, 2.75) is 11.3 Å². The van der Waals surface area contributed by atoms with E-state index in [-0.39, 0.29) is 0 Å². The largest absolute Gasteiger partial charge is 0.244 e. The summed E-state index contributed by atoms with van der Waals surface area (Å²) in [5.74, 6) is 0. The molecule has 0 aliphatic rings. The highest BCUT2D eigenvalue weighted by Crippen LogP contribution is 2.15. The van der Waals surface area contributed by atoms with Crippen LogP contribution < -0.4 is 0 Å². The molecule has 0 amide bonds. The van der Waals surface area contributed by atoms with Crippen LogP contribution in [0.1, 0.15) is 16.8 Å². The van der Waals surface area contributed by atoms with Crippen LogP contribution in [0, 0.1) is 11.3 Å². The quantitative estimate of drug-likeness (QED) is 0.799. The average molecular weight is 226 g/mol. The van der Waals surface area contributed by atoms with Crippen LogP contribution >= 0.6 is 12.6 Å². The van der Waals surface area contributed by atoms with Gasteiger partial charge in [-0.15, -0.1) is 12.6 Å². The molecule has 0 saturated carbocycles. The van der Waals surface area contributed by atoms with E-state index in [9.17, 15) is 0 Å². The van der Waals surface area contributed by atoms with Crippen molar-refractivity contribution in [3.8, 4) is 6.07 Å². The van der Waals surface area contributed by atoms with E-state index in [0.717, 1.165) is 12.0 Å². The Balaban J connectivity index is 2.24. The van der Waals surface area contributed by atoms with Crippen LogP contribution in [0.4, 0.5) is 0 Å². The molecule has 0 saturated heterocycles. The van der Waals surface area contributed by atoms with Crippen molar-refractivity contribution in [1.29, 1.82) is 5.26 Å². The summed E-state index contributed by atoms with van der Waals surface area (Å²) in [6.07, 6.45) is 2.54. The summed E-state index contributed by atoms with van der Waals surface area (Å²) < 4.78 is 0. The molecule has 2 nitrogen and oxygen atoms in total. The van der Waals surface area contributed by atoms with Crippen LogP contribution in [0.15, 0.2) is 47.5 Å². The third-order valence-corrected chi connectivity index (χ3v) is 2.62. The predicted molar refractivity (Wildman–Crippen MR) is 65.5 cm³/mol. The van der Waals surface area contributed by atoms with E-state index in [2.05, 4.69) is 29.7 Å². The molecule has 78 valence electrons. The summed E-state index contributed by atoms with van der Waals surface area (Å²) in [4.78, 5) is 4.69. The third-order valence-electron chi connectivity index (χ3n) is 2.28. The van der Waals surface area contributed by atoms with Gasteiger partial charge in [0.15, 0.2) is 5.69 Å². The Morgan fingerprint density at radius 3 is 2.56 bits per heavy atom. The van der Waals surface area contributed by atoms with Gasteiger partial charge in [-0.2, -0.15) is 5.26 Å². The molecule has 0 bridgehead atoms. The lowest BCUT2D eigenvalue weighted by Crippen LogP contribution is -1.92. The van der Waals surface area contributed by atoms with E-state index >= 15 is 0 Å². The topological polar surface area (TPSA) is 36.7 Å². The average Bonchev–Trinajstić information content (AvgIpc) is 2.31. The summed E-state index contributed by atoms with van der Waals surface area (Å²) in [6.45, 7) is 0. The maximum Gasteiger partial charge on any atom is 0.153 e. The molecule has 0 fully saturated rings. The number of benzene rings is 1. The summed E-state index contributed by atoms with van der Waals surface area (Å²) in [5.41, 5.74) is 2.66. The minimum Gasteiger partial charge on any atom is -0.244 e. The number of aromatic nitrogens is 1. The number of nitriles is 1. The molecule has 2 rings (SSSR count). The van der Waals surface area contributed by atoms with Crippen LogP contribution in [0.3, 0.4) is 0 Å². The zero-order chi connectivity index (χ0) is 11.4. The van der Waals surface area contributed by atoms with Crippen molar-refractivity contribution in [2.24, 2.45) is 0 Å². The lowest BCUT2D eigenvalue weighted by Gasteiger charge is -2.03. The van der Waals surface area contributed by atoms with E-state index in [1.807, 2.05) is 30.3 Å². The second-order valence-corrected chi connectivity index (χ2v) is 3.97. The normalized spacial score (nSPS) is 9.75. The predicted octanol–water partition coefficient (Wildman–Crippen LogP) is 2.83. The smallest absolute Gasteiger partial charge is 0.153 e. The van der Waals surface area contributed by atoms with Crippen molar-refractivity contribution in [1.82, 2.24) is 4.98 Å². The van der Waals surface area contributed by atoms with Gasteiger partial charge in [0.05, 0.1) is 0 Å². The minimum absolute atomic E-state index is 0.375. The second kappa shape index (κ2) is 4.82. The fourth-order valence-electron chi connectivity index (χ4n) is 1.51. The van der Waals surface area contributed by atoms with E-state index in [0.29, 0.717) is 10.6 Å². The molecule has 0 spiro atoms. The molecule has 0 aliphatic heterocycles. The lowest BCUT2D eigenvalue weighted by atomic mass is 10.1. The van der Waals surface area contributed by atoms with E-state index in [4.69, 9.17) is 5.26 Å². The number of nitrogens with zero attached hydrogens (tertiary/aromatic N) is 2. The summed E-state index contributed by atoms with van der Waals surface area (Å²) in [7, 11) is 0. The molecule has 16 heavy (non-hydrogen) atoms. The van der Waals surface area contributed by atoms with Crippen molar-refractivity contribution in [2.75, 3.05) is 0 Å². The van der Waals surface area contributed by atoms with Crippen molar-refractivity contribution < 1.29 is 0 Å². The first-order valence-electron chi connectivity index (χ1n) is 4.91. The van der Waals surface area contributed by atoms with Crippen molar-refractivity contribution >= 4 is 12.6 Å². The van der Waals surface area contributed by atoms with Gasteiger partial charge in [-0.3, -0.25) is 0 Å². The summed E-state index contributed by atoms with van der Waals surface area (Å²) >= 11 is 4.23. The van der Waals surface area contributed by atoms with Gasteiger partial charge >= 0.3 is 0 Å². The fraction of sp³-hybridized carbons (Fsp3) is 0.0769. The monoisotopic (exact) mass is 226 g/mol. The van der Waals surface area contributed by atoms with Crippen LogP contribution in [-0.2, 0) is 6.42 Å². The molecular weight excluding hydrogens is 216 g/mol. The van der Waals surface area contributed by atoms with Gasteiger partial charge in [0.25, 0.3) is 0 Å². The maximum absolute atomic E-state index is 8.74. The Labute approximate surface area is 100.0 Å². The maximum atomic E-state index is 8.74. The highest BCUT2D eigenvalue weighted by atomic mass is 32.1. The fourth-order valence-corrected chi connectivity index (χ4v) is 1.78. The van der Waals surface area contributed by atoms with E-state index in [1.54, 1.807) is 6.20 Å². The Hall–Kier alpha value is -1.79. The third kappa shape index (κ3) is 2.41. The number of hydrogen-bond donors (Lipinski definition) is 1. The molecule has 1 heterocycles. The van der Waals surface area contributed by atoms with Gasteiger partial charge < -0.3 is 0 Å². The molecular formula is C13H10N2S. The van der Waals surface area contributed by atoms with E-state index < -0.39 is 0 Å². The van der Waals surface area contributed by atoms with Gasteiger partial charge in [0, 0.05) is 11.1 Å². The Morgan fingerprint density at radius 2 is 1.94 bits per heavy atom. The van der Waals surface area contributed by atoms with Gasteiger partial charge in [-0.1, -0.05) is 30.3 Å². The van der Waals surface area contributed by atoms with Crippen LogP contribution in [0.5, 0.6) is 0 Å². The first-order chi connectivity index (χ1) is 7.79. The molecule has 0 unspecified atom stereocenters. The highest BCUT2D eigenvalue weighted by Gasteiger charge is 2.02. The van der Waals surface area contributed by atoms with Crippen molar-refractivity contribution in [3.05, 3.63) is 59.4 Å². The highest BCUT2D eigenvalue weighted by molar-refractivity contribution is 7.80. The molecule has 1 aromatic heterocycles. The van der Waals surface area contributed by atoms with Gasteiger partial charge in [-0.05, 0) is 23.6 Å². The molecule has 1 aromatic carbocycles. The number of hydrogen-bond acceptors (Lipinski definition) is 3. The van der Waals surface area contributed by atoms with Crippen LogP contribution in [0.25, 0.3) is 0 Å². The Morgan fingerprint density at radius 1 is 1.19 bits per heavy atom. The first kappa shape index (κ1) is 10.7. The molecule has 0 aliphatic carbocycles. The van der Waals surface area contributed by atoms with E-state index in [1.165, 1.54) is 5.56 Å². The van der Waals surface area contributed by atoms with Crippen molar-refractivity contribution in [3.63, 3.8) is 0 Å². The van der Waals surface area contributed by atoms with Crippen LogP contribution in [-0.4, -0.2) is 4.98 Å². The zero-order valence-corrected chi connectivity index (χ0v) is 9.48. The number of rotatable bonds is 2.